The van der Waals surface area contributed by atoms with Crippen LogP contribution in [0.4, 0.5) is 8.78 Å². The molecule has 5 nitrogen and oxygen atoms in total. The van der Waals surface area contributed by atoms with Crippen molar-refractivity contribution >= 4 is 16.8 Å². The summed E-state index contributed by atoms with van der Waals surface area (Å²) in [5.41, 5.74) is 1.53. The van der Waals surface area contributed by atoms with Crippen LogP contribution >= 0.6 is 0 Å². The largest absolute Gasteiger partial charge is 0.445 e. The second-order valence-electron chi connectivity index (χ2n) is 7.95. The third kappa shape index (κ3) is 3.95. The van der Waals surface area contributed by atoms with E-state index >= 15 is 0 Å². The molecule has 0 bridgehead atoms. The average Bonchev–Trinajstić information content (AvgIpc) is 3.41. The van der Waals surface area contributed by atoms with E-state index in [0.717, 1.165) is 18.4 Å². The Morgan fingerprint density at radius 1 is 1.19 bits per heavy atom. The van der Waals surface area contributed by atoms with E-state index in [1.54, 1.807) is 35.4 Å². The molecule has 158 valence electrons. The number of amides is 1. The van der Waals surface area contributed by atoms with Crippen LogP contribution < -0.4 is 0 Å². The number of carbonyl (C=O) groups excluding carboxylic acids is 1. The van der Waals surface area contributed by atoms with Crippen molar-refractivity contribution in [2.24, 2.45) is 0 Å². The van der Waals surface area contributed by atoms with E-state index in [-0.39, 0.29) is 23.5 Å². The molecule has 2 aromatic carbocycles. The minimum absolute atomic E-state index is 0.0138. The molecular weight excluding hydrogens is 400 g/mol. The van der Waals surface area contributed by atoms with Gasteiger partial charge in [-0.05, 0) is 42.7 Å². The number of rotatable bonds is 4. The Morgan fingerprint density at radius 2 is 2.06 bits per heavy atom. The molecule has 1 saturated heterocycles. The summed E-state index contributed by atoms with van der Waals surface area (Å²) in [6, 6.07) is 12.9. The number of piperidine rings is 1. The topological polar surface area (TPSA) is 62.1 Å². The first kappa shape index (κ1) is 19.5. The molecule has 0 spiro atoms. The number of aromatic nitrogens is 2. The zero-order valence-electron chi connectivity index (χ0n) is 16.8. The monoisotopic (exact) mass is 421 g/mol. The van der Waals surface area contributed by atoms with Crippen LogP contribution in [0.15, 0.2) is 59.1 Å². The first-order valence-corrected chi connectivity index (χ1v) is 10.3. The van der Waals surface area contributed by atoms with Gasteiger partial charge in [-0.2, -0.15) is 0 Å². The number of aromatic amines is 1. The van der Waals surface area contributed by atoms with Gasteiger partial charge in [-0.25, -0.2) is 13.8 Å². The molecular formula is C24H21F2N3O2. The lowest BCUT2D eigenvalue weighted by atomic mass is 9.97. The lowest BCUT2D eigenvalue weighted by Gasteiger charge is -2.31. The molecule has 2 aromatic heterocycles. The van der Waals surface area contributed by atoms with Crippen LogP contribution in [-0.2, 0) is 6.42 Å². The molecule has 0 saturated carbocycles. The average molecular weight is 421 g/mol. The Kier molecular flexibility index (Phi) is 5.02. The molecule has 1 atom stereocenters. The van der Waals surface area contributed by atoms with Gasteiger partial charge in [0.05, 0.1) is 17.6 Å². The number of benzene rings is 2. The highest BCUT2D eigenvalue weighted by Gasteiger charge is 2.29. The highest BCUT2D eigenvalue weighted by Crippen LogP contribution is 2.29. The summed E-state index contributed by atoms with van der Waals surface area (Å²) in [7, 11) is 0. The van der Waals surface area contributed by atoms with Gasteiger partial charge in [0.1, 0.15) is 23.1 Å². The molecule has 31 heavy (non-hydrogen) atoms. The quantitative estimate of drug-likeness (QED) is 0.502. The van der Waals surface area contributed by atoms with Gasteiger partial charge in [0.15, 0.2) is 5.89 Å². The molecule has 4 aromatic rings. The van der Waals surface area contributed by atoms with Gasteiger partial charge in [0.25, 0.3) is 5.91 Å². The maximum atomic E-state index is 14.0. The smallest absolute Gasteiger partial charge is 0.270 e. The third-order valence-corrected chi connectivity index (χ3v) is 5.73. The normalized spacial score (nSPS) is 16.7. The number of nitrogens with one attached hydrogen (secondary N) is 1. The highest BCUT2D eigenvalue weighted by atomic mass is 19.1. The molecule has 3 heterocycles. The SMILES string of the molecule is O=C(c1cc2cccc(F)c2[nH]1)N1CCCC(c2ncc(Cc3cccc(F)c3)o2)C1. The molecule has 1 aliphatic rings. The maximum absolute atomic E-state index is 14.0. The Labute approximate surface area is 177 Å². The van der Waals surface area contributed by atoms with Crippen molar-refractivity contribution in [2.45, 2.75) is 25.2 Å². The summed E-state index contributed by atoms with van der Waals surface area (Å²) in [5, 5.41) is 0.673. The van der Waals surface area contributed by atoms with Gasteiger partial charge < -0.3 is 14.3 Å². The molecule has 1 amide bonds. The Balaban J connectivity index is 1.30. The Hall–Kier alpha value is -3.48. The van der Waals surface area contributed by atoms with Crippen LogP contribution in [0.2, 0.25) is 0 Å². The predicted octanol–water partition coefficient (Wildman–Crippen LogP) is 5.04. The van der Waals surface area contributed by atoms with E-state index in [1.807, 2.05) is 6.07 Å². The predicted molar refractivity (Wildman–Crippen MR) is 112 cm³/mol. The van der Waals surface area contributed by atoms with Crippen molar-refractivity contribution in [3.05, 3.63) is 89.3 Å². The molecule has 1 N–H and O–H groups in total. The van der Waals surface area contributed by atoms with Gasteiger partial charge in [-0.15, -0.1) is 0 Å². The van der Waals surface area contributed by atoms with Crippen LogP contribution in [0.25, 0.3) is 10.9 Å². The number of hydrogen-bond acceptors (Lipinski definition) is 3. The molecule has 1 fully saturated rings. The number of fused-ring (bicyclic) bond motifs is 1. The minimum Gasteiger partial charge on any atom is -0.445 e. The Bertz CT molecular complexity index is 1250. The molecule has 7 heteroatoms. The van der Waals surface area contributed by atoms with Crippen LogP contribution in [0.1, 0.15) is 46.5 Å². The first-order chi connectivity index (χ1) is 15.1. The van der Waals surface area contributed by atoms with Gasteiger partial charge in [0, 0.05) is 24.9 Å². The second-order valence-corrected chi connectivity index (χ2v) is 7.95. The van der Waals surface area contributed by atoms with Gasteiger partial charge >= 0.3 is 0 Å². The van der Waals surface area contributed by atoms with Crippen LogP contribution in [0.5, 0.6) is 0 Å². The molecule has 1 aliphatic heterocycles. The summed E-state index contributed by atoms with van der Waals surface area (Å²) in [6.07, 6.45) is 3.82. The fourth-order valence-electron chi connectivity index (χ4n) is 4.21. The molecule has 5 rings (SSSR count). The number of oxazole rings is 1. The first-order valence-electron chi connectivity index (χ1n) is 10.3. The second kappa shape index (κ2) is 7.98. The van der Waals surface area contributed by atoms with Crippen molar-refractivity contribution < 1.29 is 18.0 Å². The van der Waals surface area contributed by atoms with Crippen molar-refractivity contribution in [1.29, 1.82) is 0 Å². The number of nitrogens with zero attached hydrogens (tertiary/aromatic N) is 2. The molecule has 1 unspecified atom stereocenters. The van der Waals surface area contributed by atoms with E-state index in [2.05, 4.69) is 9.97 Å². The standard InChI is InChI=1S/C24H21F2N3O2/c25-18-7-1-4-15(10-18)11-19-13-27-23(31-19)17-6-3-9-29(14-17)24(30)21-12-16-5-2-8-20(26)22(16)28-21/h1-2,4-5,7-8,10,12-13,17,28H,3,6,9,11,14H2. The van der Waals surface area contributed by atoms with Crippen LogP contribution in [0.3, 0.4) is 0 Å². The van der Waals surface area contributed by atoms with Gasteiger partial charge in [0.2, 0.25) is 0 Å². The molecule has 0 aliphatic carbocycles. The maximum Gasteiger partial charge on any atom is 0.270 e. The van der Waals surface area contributed by atoms with Crippen molar-refractivity contribution in [3.8, 4) is 0 Å². The summed E-state index contributed by atoms with van der Waals surface area (Å²) in [4.78, 5) is 22.1. The van der Waals surface area contributed by atoms with Crippen molar-refractivity contribution in [1.82, 2.24) is 14.9 Å². The van der Waals surface area contributed by atoms with E-state index in [9.17, 15) is 13.6 Å². The lowest BCUT2D eigenvalue weighted by molar-refractivity contribution is 0.0693. The van der Waals surface area contributed by atoms with Gasteiger partial charge in [-0.3, -0.25) is 4.79 Å². The number of halogens is 2. The molecule has 0 radical (unpaired) electrons. The number of likely N-dealkylation sites (tertiary alicyclic amines) is 1. The Morgan fingerprint density at radius 3 is 2.90 bits per heavy atom. The number of para-hydroxylation sites is 1. The van der Waals surface area contributed by atoms with Crippen LogP contribution in [0, 0.1) is 11.6 Å². The van der Waals surface area contributed by atoms with E-state index < -0.39 is 0 Å². The number of H-pyrrole nitrogens is 1. The van der Waals surface area contributed by atoms with Gasteiger partial charge in [-0.1, -0.05) is 24.3 Å². The number of carbonyl (C=O) groups is 1. The third-order valence-electron chi connectivity index (χ3n) is 5.73. The summed E-state index contributed by atoms with van der Waals surface area (Å²) in [6.45, 7) is 1.11. The summed E-state index contributed by atoms with van der Waals surface area (Å²) < 4.78 is 33.3. The zero-order valence-corrected chi connectivity index (χ0v) is 16.8. The summed E-state index contributed by atoms with van der Waals surface area (Å²) in [5.74, 6) is 0.419. The zero-order chi connectivity index (χ0) is 21.4. The minimum atomic E-state index is -0.376. The number of hydrogen-bond donors (Lipinski definition) is 1. The highest BCUT2D eigenvalue weighted by molar-refractivity contribution is 5.98. The van der Waals surface area contributed by atoms with E-state index in [1.165, 1.54) is 18.2 Å². The van der Waals surface area contributed by atoms with Crippen LogP contribution in [-0.4, -0.2) is 33.9 Å². The fourth-order valence-corrected chi connectivity index (χ4v) is 4.21. The lowest BCUT2D eigenvalue weighted by Crippen LogP contribution is -2.39. The van der Waals surface area contributed by atoms with E-state index in [0.29, 0.717) is 47.8 Å². The van der Waals surface area contributed by atoms with Crippen molar-refractivity contribution in [2.75, 3.05) is 13.1 Å². The van der Waals surface area contributed by atoms with E-state index in [4.69, 9.17) is 4.42 Å². The fraction of sp³-hybridized carbons (Fsp3) is 0.250. The summed E-state index contributed by atoms with van der Waals surface area (Å²) >= 11 is 0. The van der Waals surface area contributed by atoms with Crippen molar-refractivity contribution in [3.63, 3.8) is 0 Å².